The molecule has 4 rings (SSSR count). The lowest BCUT2D eigenvalue weighted by molar-refractivity contribution is -0.196. The Balaban J connectivity index is 1.71. The summed E-state index contributed by atoms with van der Waals surface area (Å²) < 4.78 is 24.7. The molecule has 1 N–H and O–H groups in total. The zero-order chi connectivity index (χ0) is 17.6. The number of nitrogens with one attached hydrogen (secondary N) is 1. The molecule has 1 saturated carbocycles. The van der Waals surface area contributed by atoms with Gasteiger partial charge in [-0.05, 0) is 37.5 Å². The minimum absolute atomic E-state index is 0.255. The van der Waals surface area contributed by atoms with Crippen molar-refractivity contribution in [1.82, 2.24) is 9.88 Å². The Kier molecular flexibility index (Phi) is 3.76. The molecule has 1 spiro atoms. The van der Waals surface area contributed by atoms with Crippen molar-refractivity contribution in [2.75, 3.05) is 20.3 Å². The van der Waals surface area contributed by atoms with E-state index in [-0.39, 0.29) is 18.1 Å². The second-order valence-electron chi connectivity index (χ2n) is 6.58. The summed E-state index contributed by atoms with van der Waals surface area (Å²) in [7, 11) is 1.31. The molecular weight excluding hydrogens is 327 g/mol. The summed E-state index contributed by atoms with van der Waals surface area (Å²) in [5, 5.41) is 0.354. The fraction of sp³-hybridized carbons (Fsp3) is 0.444. The number of amides is 1. The van der Waals surface area contributed by atoms with E-state index in [1.807, 2.05) is 0 Å². The van der Waals surface area contributed by atoms with Gasteiger partial charge >= 0.3 is 5.97 Å². The smallest absolute Gasteiger partial charge is 0.331 e. The Bertz CT molecular complexity index is 843. The molecule has 2 fully saturated rings. The number of carbonyl (C=O) groups is 2. The van der Waals surface area contributed by atoms with Crippen LogP contribution in [0.1, 0.15) is 29.8 Å². The molecule has 1 aromatic carbocycles. The standard InChI is InChI=1S/C18H19FN2O4/c1-24-17(23)15-18(6-3-7-18)25-9-8-21(15)16(22)14-10-11-12(19)4-2-5-13(11)20-14/h2,4-5,10,15,20H,3,6-9H2,1H3. The number of halogens is 1. The summed E-state index contributed by atoms with van der Waals surface area (Å²) in [5.74, 6) is -1.22. The van der Waals surface area contributed by atoms with Crippen LogP contribution in [0.25, 0.3) is 10.9 Å². The number of hydrogen-bond donors (Lipinski definition) is 1. The highest BCUT2D eigenvalue weighted by Crippen LogP contribution is 2.43. The number of aromatic nitrogens is 1. The van der Waals surface area contributed by atoms with Crippen LogP contribution in [0.15, 0.2) is 24.3 Å². The molecule has 6 nitrogen and oxygen atoms in total. The van der Waals surface area contributed by atoms with Crippen molar-refractivity contribution in [3.8, 4) is 0 Å². The third kappa shape index (κ3) is 2.41. The van der Waals surface area contributed by atoms with Crippen molar-refractivity contribution in [3.05, 3.63) is 35.8 Å². The van der Waals surface area contributed by atoms with Crippen LogP contribution < -0.4 is 0 Å². The number of rotatable bonds is 2. The van der Waals surface area contributed by atoms with Crippen molar-refractivity contribution >= 4 is 22.8 Å². The third-order valence-corrected chi connectivity index (χ3v) is 5.26. The van der Waals surface area contributed by atoms with Gasteiger partial charge in [-0.15, -0.1) is 0 Å². The highest BCUT2D eigenvalue weighted by atomic mass is 19.1. The van der Waals surface area contributed by atoms with Crippen molar-refractivity contribution < 1.29 is 23.5 Å². The topological polar surface area (TPSA) is 71.6 Å². The molecule has 1 aliphatic carbocycles. The van der Waals surface area contributed by atoms with Gasteiger partial charge in [0.2, 0.25) is 0 Å². The number of fused-ring (bicyclic) bond motifs is 1. The largest absolute Gasteiger partial charge is 0.467 e. The van der Waals surface area contributed by atoms with Gasteiger partial charge in [0.05, 0.1) is 19.3 Å². The van der Waals surface area contributed by atoms with Gasteiger partial charge in [-0.3, -0.25) is 4.79 Å². The Hall–Kier alpha value is -2.41. The molecule has 7 heteroatoms. The number of benzene rings is 1. The van der Waals surface area contributed by atoms with Gasteiger partial charge in [-0.25, -0.2) is 9.18 Å². The first-order valence-electron chi connectivity index (χ1n) is 8.36. The first-order chi connectivity index (χ1) is 12.1. The van der Waals surface area contributed by atoms with E-state index >= 15 is 0 Å². The van der Waals surface area contributed by atoms with E-state index < -0.39 is 23.4 Å². The summed E-state index contributed by atoms with van der Waals surface area (Å²) in [4.78, 5) is 29.9. The molecule has 25 heavy (non-hydrogen) atoms. The van der Waals surface area contributed by atoms with Crippen LogP contribution in [-0.4, -0.2) is 53.7 Å². The molecule has 2 aromatic rings. The van der Waals surface area contributed by atoms with Gasteiger partial charge in [-0.1, -0.05) is 6.07 Å². The maximum Gasteiger partial charge on any atom is 0.331 e. The first-order valence-corrected chi connectivity index (χ1v) is 8.36. The molecule has 132 valence electrons. The van der Waals surface area contributed by atoms with Crippen LogP contribution in [0.2, 0.25) is 0 Å². The monoisotopic (exact) mass is 346 g/mol. The number of H-pyrrole nitrogens is 1. The maximum absolute atomic E-state index is 13.9. The van der Waals surface area contributed by atoms with Gasteiger partial charge in [0.15, 0.2) is 6.04 Å². The molecule has 0 radical (unpaired) electrons. The summed E-state index contributed by atoms with van der Waals surface area (Å²) in [6, 6.07) is 5.35. The Labute approximate surface area is 143 Å². The van der Waals surface area contributed by atoms with Crippen LogP contribution in [-0.2, 0) is 14.3 Å². The zero-order valence-electron chi connectivity index (χ0n) is 13.9. The second kappa shape index (κ2) is 5.84. The number of hydrogen-bond acceptors (Lipinski definition) is 4. The molecule has 1 aliphatic heterocycles. The van der Waals surface area contributed by atoms with E-state index in [4.69, 9.17) is 9.47 Å². The minimum Gasteiger partial charge on any atom is -0.467 e. The predicted octanol–water partition coefficient (Wildman–Crippen LogP) is 2.24. The number of nitrogens with zero attached hydrogens (tertiary/aromatic N) is 1. The molecule has 1 saturated heterocycles. The molecule has 0 bridgehead atoms. The van der Waals surface area contributed by atoms with Gasteiger partial charge < -0.3 is 19.4 Å². The molecule has 1 amide bonds. The molecule has 2 aliphatic rings. The van der Waals surface area contributed by atoms with E-state index in [0.717, 1.165) is 19.3 Å². The number of esters is 1. The van der Waals surface area contributed by atoms with Crippen molar-refractivity contribution in [3.63, 3.8) is 0 Å². The number of morpholine rings is 1. The van der Waals surface area contributed by atoms with Crippen molar-refractivity contribution in [2.45, 2.75) is 30.9 Å². The Morgan fingerprint density at radius 3 is 2.84 bits per heavy atom. The van der Waals surface area contributed by atoms with Gasteiger partial charge in [0, 0.05) is 17.4 Å². The Morgan fingerprint density at radius 1 is 1.40 bits per heavy atom. The average molecular weight is 346 g/mol. The number of methoxy groups -OCH3 is 1. The van der Waals surface area contributed by atoms with Crippen LogP contribution in [0.5, 0.6) is 0 Å². The molecule has 1 aromatic heterocycles. The van der Waals surface area contributed by atoms with Crippen molar-refractivity contribution in [2.24, 2.45) is 0 Å². The van der Waals surface area contributed by atoms with Crippen LogP contribution in [0, 0.1) is 5.82 Å². The lowest BCUT2D eigenvalue weighted by Crippen LogP contribution is -2.67. The van der Waals surface area contributed by atoms with Gasteiger partial charge in [-0.2, -0.15) is 0 Å². The zero-order valence-corrected chi connectivity index (χ0v) is 13.9. The number of aromatic amines is 1. The van der Waals surface area contributed by atoms with Crippen LogP contribution >= 0.6 is 0 Å². The van der Waals surface area contributed by atoms with E-state index in [9.17, 15) is 14.0 Å². The summed E-state index contributed by atoms with van der Waals surface area (Å²) in [6.07, 6.45) is 2.39. The average Bonchev–Trinajstić information content (AvgIpc) is 3.04. The van der Waals surface area contributed by atoms with Gasteiger partial charge in [0.1, 0.15) is 11.5 Å². The van der Waals surface area contributed by atoms with E-state index in [2.05, 4.69) is 4.98 Å². The fourth-order valence-corrected chi connectivity index (χ4v) is 3.84. The summed E-state index contributed by atoms with van der Waals surface area (Å²) in [6.45, 7) is 0.659. The van der Waals surface area contributed by atoms with Gasteiger partial charge in [0.25, 0.3) is 5.91 Å². The summed E-state index contributed by atoms with van der Waals surface area (Å²) >= 11 is 0. The fourth-order valence-electron chi connectivity index (χ4n) is 3.84. The lowest BCUT2D eigenvalue weighted by atomic mass is 9.73. The maximum atomic E-state index is 13.9. The lowest BCUT2D eigenvalue weighted by Gasteiger charge is -2.52. The minimum atomic E-state index is -0.774. The Morgan fingerprint density at radius 2 is 2.20 bits per heavy atom. The number of carbonyl (C=O) groups excluding carboxylic acids is 2. The first kappa shape index (κ1) is 16.1. The van der Waals surface area contributed by atoms with E-state index in [1.54, 1.807) is 12.1 Å². The van der Waals surface area contributed by atoms with Crippen LogP contribution in [0.3, 0.4) is 0 Å². The molecule has 2 heterocycles. The quantitative estimate of drug-likeness (QED) is 0.847. The van der Waals surface area contributed by atoms with E-state index in [0.29, 0.717) is 17.5 Å². The normalized spacial score (nSPS) is 22.0. The highest BCUT2D eigenvalue weighted by Gasteiger charge is 2.55. The predicted molar refractivity (Wildman–Crippen MR) is 87.6 cm³/mol. The SMILES string of the molecule is COC(=O)C1N(C(=O)c2cc3c(F)cccc3[nH]2)CCOC12CCC2. The van der Waals surface area contributed by atoms with E-state index in [1.165, 1.54) is 24.1 Å². The van der Waals surface area contributed by atoms with Crippen LogP contribution in [0.4, 0.5) is 4.39 Å². The second-order valence-corrected chi connectivity index (χ2v) is 6.58. The molecule has 1 unspecified atom stereocenters. The molecular formula is C18H19FN2O4. The molecule has 1 atom stereocenters. The van der Waals surface area contributed by atoms with Crippen molar-refractivity contribution in [1.29, 1.82) is 0 Å². The summed E-state index contributed by atoms with van der Waals surface area (Å²) in [5.41, 5.74) is 0.146. The third-order valence-electron chi connectivity index (χ3n) is 5.26. The highest BCUT2D eigenvalue weighted by molar-refractivity contribution is 6.00. The number of ether oxygens (including phenoxy) is 2.